The first-order chi connectivity index (χ1) is 10.7. The van der Waals surface area contributed by atoms with Crippen LogP contribution in [0.3, 0.4) is 0 Å². The SMILES string of the molecule is C=CCC[C@H](N)c1ccc(OC)c(OCc2ccccc2)c1. The van der Waals surface area contributed by atoms with Crippen LogP contribution in [0.25, 0.3) is 0 Å². The van der Waals surface area contributed by atoms with Gasteiger partial charge in [-0.05, 0) is 36.1 Å². The van der Waals surface area contributed by atoms with Crippen LogP contribution in [0.2, 0.25) is 0 Å². The molecular formula is C19H23NO2. The van der Waals surface area contributed by atoms with Crippen LogP contribution in [0.4, 0.5) is 0 Å². The zero-order valence-corrected chi connectivity index (χ0v) is 13.0. The molecule has 2 N–H and O–H groups in total. The first kappa shape index (κ1) is 16.1. The van der Waals surface area contributed by atoms with Gasteiger partial charge in [0, 0.05) is 6.04 Å². The van der Waals surface area contributed by atoms with Crippen molar-refractivity contribution in [1.29, 1.82) is 0 Å². The predicted molar refractivity (Wildman–Crippen MR) is 90.1 cm³/mol. The van der Waals surface area contributed by atoms with Gasteiger partial charge in [0.15, 0.2) is 11.5 Å². The van der Waals surface area contributed by atoms with Crippen LogP contribution in [-0.2, 0) is 6.61 Å². The Morgan fingerprint density at radius 1 is 1.14 bits per heavy atom. The monoisotopic (exact) mass is 297 g/mol. The zero-order valence-electron chi connectivity index (χ0n) is 13.0. The molecule has 116 valence electrons. The fraction of sp³-hybridized carbons (Fsp3) is 0.263. The average molecular weight is 297 g/mol. The fourth-order valence-corrected chi connectivity index (χ4v) is 2.24. The summed E-state index contributed by atoms with van der Waals surface area (Å²) < 4.78 is 11.3. The van der Waals surface area contributed by atoms with E-state index in [4.69, 9.17) is 15.2 Å². The second-order valence-electron chi connectivity index (χ2n) is 5.16. The van der Waals surface area contributed by atoms with Gasteiger partial charge < -0.3 is 15.2 Å². The molecule has 3 nitrogen and oxygen atoms in total. The lowest BCUT2D eigenvalue weighted by Crippen LogP contribution is -2.10. The Bertz CT molecular complexity index is 596. The van der Waals surface area contributed by atoms with Crippen molar-refractivity contribution in [3.8, 4) is 11.5 Å². The van der Waals surface area contributed by atoms with Crippen LogP contribution in [0.5, 0.6) is 11.5 Å². The summed E-state index contributed by atoms with van der Waals surface area (Å²) in [6.45, 7) is 4.24. The Hall–Kier alpha value is -2.26. The topological polar surface area (TPSA) is 44.5 Å². The van der Waals surface area contributed by atoms with E-state index in [1.54, 1.807) is 7.11 Å². The third kappa shape index (κ3) is 4.37. The van der Waals surface area contributed by atoms with E-state index >= 15 is 0 Å². The van der Waals surface area contributed by atoms with Crippen molar-refractivity contribution >= 4 is 0 Å². The number of nitrogens with two attached hydrogens (primary N) is 1. The molecule has 0 spiro atoms. The van der Waals surface area contributed by atoms with E-state index in [1.807, 2.05) is 54.6 Å². The molecule has 2 rings (SSSR count). The van der Waals surface area contributed by atoms with Crippen molar-refractivity contribution < 1.29 is 9.47 Å². The van der Waals surface area contributed by atoms with E-state index < -0.39 is 0 Å². The molecule has 0 unspecified atom stereocenters. The Labute approximate surface area is 132 Å². The van der Waals surface area contributed by atoms with Crippen molar-refractivity contribution in [2.24, 2.45) is 5.73 Å². The molecule has 0 aliphatic rings. The van der Waals surface area contributed by atoms with E-state index in [9.17, 15) is 0 Å². The Kier molecular flexibility index (Phi) is 6.04. The van der Waals surface area contributed by atoms with Gasteiger partial charge in [0.1, 0.15) is 6.61 Å². The van der Waals surface area contributed by atoms with Crippen molar-refractivity contribution in [2.75, 3.05) is 7.11 Å². The summed E-state index contributed by atoms with van der Waals surface area (Å²) in [6, 6.07) is 15.9. The molecule has 1 atom stereocenters. The van der Waals surface area contributed by atoms with Gasteiger partial charge in [0.05, 0.1) is 7.11 Å². The van der Waals surface area contributed by atoms with Crippen LogP contribution < -0.4 is 15.2 Å². The maximum atomic E-state index is 6.20. The zero-order chi connectivity index (χ0) is 15.8. The number of methoxy groups -OCH3 is 1. The Morgan fingerprint density at radius 3 is 2.59 bits per heavy atom. The summed E-state index contributed by atoms with van der Waals surface area (Å²) >= 11 is 0. The molecule has 0 amide bonds. The normalized spacial score (nSPS) is 11.7. The molecular weight excluding hydrogens is 274 g/mol. The molecule has 2 aromatic rings. The molecule has 0 aliphatic carbocycles. The van der Waals surface area contributed by atoms with Gasteiger partial charge in [-0.2, -0.15) is 0 Å². The molecule has 2 aromatic carbocycles. The lowest BCUT2D eigenvalue weighted by atomic mass is 10.0. The second-order valence-corrected chi connectivity index (χ2v) is 5.16. The summed E-state index contributed by atoms with van der Waals surface area (Å²) in [4.78, 5) is 0. The first-order valence-corrected chi connectivity index (χ1v) is 7.45. The number of hydrogen-bond donors (Lipinski definition) is 1. The van der Waals surface area contributed by atoms with Crippen LogP contribution in [0.1, 0.15) is 30.0 Å². The lowest BCUT2D eigenvalue weighted by molar-refractivity contribution is 0.284. The number of hydrogen-bond acceptors (Lipinski definition) is 3. The average Bonchev–Trinajstić information content (AvgIpc) is 2.58. The van der Waals surface area contributed by atoms with Gasteiger partial charge >= 0.3 is 0 Å². The minimum atomic E-state index is -0.0250. The maximum Gasteiger partial charge on any atom is 0.161 e. The van der Waals surface area contributed by atoms with E-state index in [0.717, 1.165) is 35.5 Å². The second kappa shape index (κ2) is 8.25. The fourth-order valence-electron chi connectivity index (χ4n) is 2.24. The highest BCUT2D eigenvalue weighted by Gasteiger charge is 2.11. The van der Waals surface area contributed by atoms with E-state index in [1.165, 1.54) is 0 Å². The molecule has 0 saturated heterocycles. The standard InChI is InChI=1S/C19H23NO2/c1-3-4-10-17(20)16-11-12-18(21-2)19(13-16)22-14-15-8-6-5-7-9-15/h3,5-9,11-13,17H,1,4,10,14,20H2,2H3/t17-/m0/s1. The highest BCUT2D eigenvalue weighted by Crippen LogP contribution is 2.31. The van der Waals surface area contributed by atoms with Crippen LogP contribution >= 0.6 is 0 Å². The first-order valence-electron chi connectivity index (χ1n) is 7.45. The molecule has 0 saturated carbocycles. The Morgan fingerprint density at radius 2 is 1.91 bits per heavy atom. The van der Waals surface area contributed by atoms with E-state index in [-0.39, 0.29) is 6.04 Å². The molecule has 0 aliphatic heterocycles. The van der Waals surface area contributed by atoms with Gasteiger partial charge in [-0.25, -0.2) is 0 Å². The predicted octanol–water partition coefficient (Wildman–Crippen LogP) is 4.24. The molecule has 0 radical (unpaired) electrons. The van der Waals surface area contributed by atoms with Gasteiger partial charge in [-0.15, -0.1) is 6.58 Å². The minimum absolute atomic E-state index is 0.0250. The van der Waals surface area contributed by atoms with Crippen molar-refractivity contribution in [3.05, 3.63) is 72.3 Å². The van der Waals surface area contributed by atoms with Gasteiger partial charge in [0.25, 0.3) is 0 Å². The number of allylic oxidation sites excluding steroid dienone is 1. The van der Waals surface area contributed by atoms with Gasteiger partial charge in [0.2, 0.25) is 0 Å². The summed E-state index contributed by atoms with van der Waals surface area (Å²) in [5, 5.41) is 0. The molecule has 0 fully saturated rings. The highest BCUT2D eigenvalue weighted by molar-refractivity contribution is 5.44. The molecule has 0 bridgehead atoms. The third-order valence-corrected chi connectivity index (χ3v) is 3.53. The minimum Gasteiger partial charge on any atom is -0.493 e. The quantitative estimate of drug-likeness (QED) is 0.741. The molecule has 0 aromatic heterocycles. The third-order valence-electron chi connectivity index (χ3n) is 3.53. The summed E-state index contributed by atoms with van der Waals surface area (Å²) in [7, 11) is 1.64. The van der Waals surface area contributed by atoms with Crippen LogP contribution in [0, 0.1) is 0 Å². The summed E-state index contributed by atoms with van der Waals surface area (Å²) in [5.74, 6) is 1.44. The summed E-state index contributed by atoms with van der Waals surface area (Å²) in [5.41, 5.74) is 8.37. The van der Waals surface area contributed by atoms with Crippen molar-refractivity contribution in [3.63, 3.8) is 0 Å². The molecule has 0 heterocycles. The van der Waals surface area contributed by atoms with Gasteiger partial charge in [-0.1, -0.05) is 42.5 Å². The van der Waals surface area contributed by atoms with Crippen LogP contribution in [0.15, 0.2) is 61.2 Å². The van der Waals surface area contributed by atoms with E-state index in [0.29, 0.717) is 6.61 Å². The molecule has 22 heavy (non-hydrogen) atoms. The van der Waals surface area contributed by atoms with Crippen molar-refractivity contribution in [1.82, 2.24) is 0 Å². The van der Waals surface area contributed by atoms with Crippen molar-refractivity contribution in [2.45, 2.75) is 25.5 Å². The van der Waals surface area contributed by atoms with E-state index in [2.05, 4.69) is 6.58 Å². The maximum absolute atomic E-state index is 6.20. The number of benzene rings is 2. The van der Waals surface area contributed by atoms with Crippen LogP contribution in [-0.4, -0.2) is 7.11 Å². The van der Waals surface area contributed by atoms with Gasteiger partial charge in [-0.3, -0.25) is 0 Å². The number of rotatable bonds is 8. The molecule has 3 heteroatoms. The Balaban J connectivity index is 2.12. The summed E-state index contributed by atoms with van der Waals surface area (Å²) in [6.07, 6.45) is 3.65. The highest BCUT2D eigenvalue weighted by atomic mass is 16.5. The smallest absolute Gasteiger partial charge is 0.161 e. The number of ether oxygens (including phenoxy) is 2. The largest absolute Gasteiger partial charge is 0.493 e. The lowest BCUT2D eigenvalue weighted by Gasteiger charge is -2.16.